The number of aliphatic imine (C=N–C) groups is 1. The Labute approximate surface area is 504 Å². The summed E-state index contributed by atoms with van der Waals surface area (Å²) in [6.45, 7) is 5.29. The van der Waals surface area contributed by atoms with Crippen LogP contribution >= 0.6 is 0 Å². The molecule has 24 heteroatoms. The van der Waals surface area contributed by atoms with Crippen LogP contribution < -0.4 is 43.4 Å². The first-order valence-corrected chi connectivity index (χ1v) is 29.4. The average Bonchev–Trinajstić information content (AvgIpc) is 3.36. The molecule has 14 N–H and O–H groups in total. The molecule has 7 rings (SSSR count). The fourth-order valence-electron chi connectivity index (χ4n) is 10.8. The van der Waals surface area contributed by atoms with Crippen LogP contribution in [0.4, 0.5) is 4.39 Å². The Balaban J connectivity index is 1.15. The van der Waals surface area contributed by atoms with Crippen molar-refractivity contribution >= 4 is 75.0 Å². The van der Waals surface area contributed by atoms with Gasteiger partial charge in [0, 0.05) is 86.6 Å². The van der Waals surface area contributed by atoms with Crippen molar-refractivity contribution in [1.82, 2.24) is 51.7 Å². The largest absolute Gasteiger partial charge is 0.508 e. The van der Waals surface area contributed by atoms with Gasteiger partial charge in [-0.2, -0.15) is 0 Å². The first-order chi connectivity index (χ1) is 41.7. The first-order valence-electron chi connectivity index (χ1n) is 29.4. The Bertz CT molecular complexity index is 3380. The predicted molar refractivity (Wildman–Crippen MR) is 327 cm³/mol. The van der Waals surface area contributed by atoms with Gasteiger partial charge in [-0.3, -0.25) is 43.3 Å². The van der Waals surface area contributed by atoms with E-state index in [9.17, 15) is 43.4 Å². The molecule has 0 radical (unpaired) electrons. The van der Waals surface area contributed by atoms with E-state index in [0.29, 0.717) is 41.6 Å². The normalized spacial score (nSPS) is 15.1. The number of benzene rings is 4. The number of para-hydroxylation sites is 2. The molecule has 8 amide bonds. The van der Waals surface area contributed by atoms with Crippen LogP contribution in [0.1, 0.15) is 81.5 Å². The van der Waals surface area contributed by atoms with Crippen LogP contribution in [0.15, 0.2) is 114 Å². The van der Waals surface area contributed by atoms with Crippen LogP contribution in [0.2, 0.25) is 0 Å². The molecule has 4 aromatic carbocycles. The summed E-state index contributed by atoms with van der Waals surface area (Å²) in [6.07, 6.45) is 4.61. The quantitative estimate of drug-likeness (QED) is 0.0176. The van der Waals surface area contributed by atoms with Crippen molar-refractivity contribution < 1.29 is 53.0 Å². The molecule has 1 fully saturated rings. The number of rotatable bonds is 30. The number of phenolic OH excluding ortho intramolecular Hbond substituents is 1. The second-order valence-electron chi connectivity index (χ2n) is 22.3. The van der Waals surface area contributed by atoms with Gasteiger partial charge in [0.25, 0.3) is 0 Å². The number of aliphatic hydroxyl groups excluding tert-OH is 1. The molecule has 6 aromatic rings. The van der Waals surface area contributed by atoms with Crippen molar-refractivity contribution in [2.24, 2.45) is 22.4 Å². The van der Waals surface area contributed by atoms with Crippen LogP contribution in [-0.2, 0) is 64.0 Å². The summed E-state index contributed by atoms with van der Waals surface area (Å²) in [5.41, 5.74) is 15.1. The van der Waals surface area contributed by atoms with Gasteiger partial charge in [0.15, 0.2) is 5.96 Å². The lowest BCUT2D eigenvalue weighted by Gasteiger charge is -2.32. The number of hydrogen-bond donors (Lipinski definition) is 12. The second-order valence-corrected chi connectivity index (χ2v) is 22.3. The fourth-order valence-corrected chi connectivity index (χ4v) is 10.8. The van der Waals surface area contributed by atoms with Crippen LogP contribution in [-0.4, -0.2) is 159 Å². The maximum atomic E-state index is 15.2. The van der Waals surface area contributed by atoms with Gasteiger partial charge in [0.2, 0.25) is 47.3 Å². The molecule has 7 atom stereocenters. The van der Waals surface area contributed by atoms with Gasteiger partial charge in [-0.25, -0.2) is 4.39 Å². The summed E-state index contributed by atoms with van der Waals surface area (Å²) in [5.74, 6) is -6.27. The lowest BCUT2D eigenvalue weighted by Crippen LogP contribution is -2.61. The molecule has 464 valence electrons. The van der Waals surface area contributed by atoms with Crippen molar-refractivity contribution in [3.63, 3.8) is 0 Å². The van der Waals surface area contributed by atoms with E-state index in [2.05, 4.69) is 46.9 Å². The second kappa shape index (κ2) is 31.2. The van der Waals surface area contributed by atoms with Gasteiger partial charge in [-0.15, -0.1) is 0 Å². The number of carbonyl (C=O) groups excluding carboxylic acids is 8. The van der Waals surface area contributed by atoms with Gasteiger partial charge in [0.05, 0.1) is 6.61 Å². The Morgan fingerprint density at radius 2 is 1.26 bits per heavy atom. The number of guanidine groups is 1. The number of H-pyrrole nitrogens is 2. The molecule has 0 saturated carbocycles. The number of nitrogens with two attached hydrogens (primary N) is 2. The van der Waals surface area contributed by atoms with Gasteiger partial charge < -0.3 is 73.3 Å². The first kappa shape index (κ1) is 65.2. The van der Waals surface area contributed by atoms with Crippen LogP contribution in [0.5, 0.6) is 5.75 Å². The minimum Gasteiger partial charge on any atom is -0.508 e. The predicted octanol–water partition coefficient (Wildman–Crippen LogP) is 2.62. The van der Waals surface area contributed by atoms with E-state index in [-0.39, 0.29) is 88.0 Å². The van der Waals surface area contributed by atoms with Crippen molar-refractivity contribution in [3.8, 4) is 5.75 Å². The van der Waals surface area contributed by atoms with Gasteiger partial charge >= 0.3 is 0 Å². The van der Waals surface area contributed by atoms with Gasteiger partial charge in [-0.1, -0.05) is 74.5 Å². The van der Waals surface area contributed by atoms with Gasteiger partial charge in [0.1, 0.15) is 53.9 Å². The van der Waals surface area contributed by atoms with E-state index < -0.39 is 96.1 Å². The number of aromatic nitrogens is 2. The molecule has 1 saturated heterocycles. The van der Waals surface area contributed by atoms with Crippen molar-refractivity contribution in [3.05, 3.63) is 138 Å². The number of aryl methyl sites for hydroxylation is 1. The zero-order chi connectivity index (χ0) is 62.7. The lowest BCUT2D eigenvalue weighted by molar-refractivity contribution is -0.144. The Kier molecular flexibility index (Phi) is 23.4. The van der Waals surface area contributed by atoms with E-state index in [1.54, 1.807) is 43.6 Å². The number of carbonyl (C=O) groups is 8. The van der Waals surface area contributed by atoms with E-state index in [1.807, 2.05) is 62.4 Å². The third-order valence-corrected chi connectivity index (χ3v) is 15.4. The van der Waals surface area contributed by atoms with E-state index in [0.717, 1.165) is 26.7 Å². The highest BCUT2D eigenvalue weighted by molar-refractivity contribution is 5.99. The van der Waals surface area contributed by atoms with Crippen LogP contribution in [0, 0.1) is 11.7 Å². The number of fused-ring (bicyclic) bond motifs is 2. The Hall–Kier alpha value is -9.32. The maximum absolute atomic E-state index is 15.2. The molecular formula is C63H80FN13O10. The zero-order valence-electron chi connectivity index (χ0n) is 49.4. The highest BCUT2D eigenvalue weighted by Crippen LogP contribution is 2.24. The van der Waals surface area contributed by atoms with Crippen molar-refractivity contribution in [2.75, 3.05) is 33.3 Å². The summed E-state index contributed by atoms with van der Waals surface area (Å²) in [7, 11) is 1.30. The molecule has 1 aliphatic rings. The zero-order valence-corrected chi connectivity index (χ0v) is 49.4. The summed E-state index contributed by atoms with van der Waals surface area (Å²) in [5, 5.41) is 39.4. The number of amides is 8. The number of phenols is 1. The average molecular weight is 1200 g/mol. The summed E-state index contributed by atoms with van der Waals surface area (Å²) < 4.78 is 13.7. The smallest absolute Gasteiger partial charge is 0.247 e. The standard InChI is InChI=1S/C63H80FN13O10/c1-5-67-59(84)53-17-11-29-77(53)62(87)48(16-10-28-68-63(65)66)72-56(81)49(30-37(2)3)73-58(83)51(33-41-35-70-47-15-9-7-13-45(41)47)74-60(85)54(31-39-20-25-43(79)26-21-39)76(4)61(86)52(36-78)75-57(82)50(32-40-34-69-46-14-8-6-12-44(40)46)71-55(80)27-22-38-18-23-42(64)24-19-38/h6-9,12-15,18-21,23-26,34-35,37,48-54,69-70,78-79H,5,10-11,16-17,22,27-33,36H2,1-4H3,(H,67,84)(H,71,80)(H,72,81)(H,73,83)(H,74,85)(H,75,82)(H4,65,66,68)/t48-,49-,50+,51+,52-,53-,54-/m0/s1. The monoisotopic (exact) mass is 1200 g/mol. The molecule has 87 heavy (non-hydrogen) atoms. The molecule has 3 heterocycles. The molecular weight excluding hydrogens is 1120 g/mol. The Morgan fingerprint density at radius 3 is 1.85 bits per heavy atom. The highest BCUT2D eigenvalue weighted by atomic mass is 19.1. The third kappa shape index (κ3) is 18.1. The Morgan fingerprint density at radius 1 is 0.713 bits per heavy atom. The molecule has 0 unspecified atom stereocenters. The minimum atomic E-state index is -1.67. The van der Waals surface area contributed by atoms with Crippen LogP contribution in [0.25, 0.3) is 21.8 Å². The number of likely N-dealkylation sites (N-methyl/N-ethyl adjacent to an activating group) is 2. The summed E-state index contributed by atoms with van der Waals surface area (Å²) in [6, 6.07) is 17.2. The summed E-state index contributed by atoms with van der Waals surface area (Å²) in [4.78, 5) is 128. The minimum absolute atomic E-state index is 0.0383. The van der Waals surface area contributed by atoms with E-state index in [1.165, 1.54) is 36.2 Å². The van der Waals surface area contributed by atoms with Crippen LogP contribution in [0.3, 0.4) is 0 Å². The number of aliphatic hydroxyl groups is 1. The molecule has 2 aromatic heterocycles. The lowest BCUT2D eigenvalue weighted by atomic mass is 9.99. The molecule has 0 bridgehead atoms. The number of nitrogens with one attached hydrogen (secondary N) is 8. The maximum Gasteiger partial charge on any atom is 0.247 e. The number of aromatic hydroxyl groups is 1. The highest BCUT2D eigenvalue weighted by Gasteiger charge is 2.40. The SMILES string of the molecule is CCNC(=O)[C@@H]1CCCN1C(=O)[C@H](CCCN=C(N)N)NC(=O)[C@H](CC(C)C)NC(=O)[C@@H](Cc1c[nH]c2ccccc12)NC(=O)[C@H](Cc1ccc(O)cc1)N(C)C(=O)[C@H](CO)NC(=O)[C@@H](Cc1c[nH]c2ccccc12)NC(=O)CCc1ccc(F)cc1. The molecule has 0 aliphatic carbocycles. The number of hydrogen-bond acceptors (Lipinski definition) is 11. The number of aromatic amines is 2. The molecule has 0 spiro atoms. The van der Waals surface area contributed by atoms with E-state index >= 15 is 9.59 Å². The topological polar surface area (TPSA) is 352 Å². The summed E-state index contributed by atoms with van der Waals surface area (Å²) >= 11 is 0. The number of halogens is 1. The third-order valence-electron chi connectivity index (χ3n) is 15.4. The van der Waals surface area contributed by atoms with Crippen molar-refractivity contribution in [1.29, 1.82) is 0 Å². The van der Waals surface area contributed by atoms with Crippen molar-refractivity contribution in [2.45, 2.75) is 127 Å². The molecule has 1 aliphatic heterocycles. The van der Waals surface area contributed by atoms with Gasteiger partial charge in [-0.05, 0) is 110 Å². The fraction of sp³-hybridized carbons (Fsp3) is 0.413. The number of likely N-dealkylation sites (tertiary alicyclic amines) is 1. The number of nitrogens with zero attached hydrogens (tertiary/aromatic N) is 3. The molecule has 23 nitrogen and oxygen atoms in total. The van der Waals surface area contributed by atoms with E-state index in [4.69, 9.17) is 11.5 Å².